The second-order valence-electron chi connectivity index (χ2n) is 4.31. The number of rotatable bonds is 8. The Morgan fingerprint density at radius 1 is 1.29 bits per heavy atom. The van der Waals surface area contributed by atoms with Crippen molar-refractivity contribution in [2.45, 2.75) is 39.8 Å². The summed E-state index contributed by atoms with van der Waals surface area (Å²) in [6.45, 7) is 6.73. The molecule has 5 nitrogen and oxygen atoms in total. The standard InChI is InChI=1S/C15H22BrNO4/c1-4-12(15(18)20-6-3)21-14-11(16)7-10(9-17)8-13(14)19-5-2/h7-8,12H,4-6,9,17H2,1-3H3. The molecule has 2 N–H and O–H groups in total. The average molecular weight is 360 g/mol. The lowest BCUT2D eigenvalue weighted by Gasteiger charge is -2.20. The summed E-state index contributed by atoms with van der Waals surface area (Å²) in [5, 5.41) is 0. The fourth-order valence-electron chi connectivity index (χ4n) is 1.79. The van der Waals surface area contributed by atoms with Crippen molar-refractivity contribution >= 4 is 21.9 Å². The SMILES string of the molecule is CCOC(=O)C(CC)Oc1c(Br)cc(CN)cc1OCC. The maximum Gasteiger partial charge on any atom is 0.347 e. The van der Waals surface area contributed by atoms with E-state index in [2.05, 4.69) is 15.9 Å². The molecule has 0 aliphatic heterocycles. The van der Waals surface area contributed by atoms with E-state index in [1.165, 1.54) is 0 Å². The molecule has 6 heteroatoms. The van der Waals surface area contributed by atoms with Gasteiger partial charge in [-0.1, -0.05) is 6.92 Å². The molecule has 1 atom stereocenters. The van der Waals surface area contributed by atoms with Gasteiger partial charge in [0.25, 0.3) is 0 Å². The zero-order chi connectivity index (χ0) is 15.8. The first-order valence-electron chi connectivity index (χ1n) is 7.05. The summed E-state index contributed by atoms with van der Waals surface area (Å²) in [5.74, 6) is 0.682. The summed E-state index contributed by atoms with van der Waals surface area (Å²) >= 11 is 3.44. The van der Waals surface area contributed by atoms with E-state index in [1.807, 2.05) is 26.0 Å². The highest BCUT2D eigenvalue weighted by Crippen LogP contribution is 2.38. The van der Waals surface area contributed by atoms with Gasteiger partial charge in [-0.05, 0) is 53.9 Å². The van der Waals surface area contributed by atoms with Crippen molar-refractivity contribution in [2.75, 3.05) is 13.2 Å². The van der Waals surface area contributed by atoms with Gasteiger partial charge < -0.3 is 19.9 Å². The number of hydrogen-bond donors (Lipinski definition) is 1. The zero-order valence-corrected chi connectivity index (χ0v) is 14.2. The van der Waals surface area contributed by atoms with E-state index in [9.17, 15) is 4.79 Å². The summed E-state index contributed by atoms with van der Waals surface area (Å²) in [6.07, 6.45) is -0.153. The predicted octanol–water partition coefficient (Wildman–Crippen LogP) is 3.03. The highest BCUT2D eigenvalue weighted by molar-refractivity contribution is 9.10. The van der Waals surface area contributed by atoms with E-state index in [0.717, 1.165) is 5.56 Å². The summed E-state index contributed by atoms with van der Waals surface area (Å²) in [7, 11) is 0. The third kappa shape index (κ3) is 4.89. The molecule has 1 aromatic rings. The maximum atomic E-state index is 11.9. The third-order valence-corrected chi connectivity index (χ3v) is 3.37. The summed E-state index contributed by atoms with van der Waals surface area (Å²) in [5.41, 5.74) is 6.58. The van der Waals surface area contributed by atoms with E-state index in [0.29, 0.717) is 42.2 Å². The van der Waals surface area contributed by atoms with Crippen molar-refractivity contribution in [1.29, 1.82) is 0 Å². The van der Waals surface area contributed by atoms with Crippen LogP contribution in [0.2, 0.25) is 0 Å². The fourth-order valence-corrected chi connectivity index (χ4v) is 2.38. The lowest BCUT2D eigenvalue weighted by atomic mass is 10.2. The minimum Gasteiger partial charge on any atom is -0.490 e. The molecule has 0 saturated heterocycles. The van der Waals surface area contributed by atoms with Crippen molar-refractivity contribution < 1.29 is 19.0 Å². The lowest BCUT2D eigenvalue weighted by molar-refractivity contribution is -0.151. The van der Waals surface area contributed by atoms with Gasteiger partial charge in [0.15, 0.2) is 17.6 Å². The van der Waals surface area contributed by atoms with Crippen LogP contribution in [0, 0.1) is 0 Å². The van der Waals surface area contributed by atoms with Gasteiger partial charge in [0, 0.05) is 6.54 Å². The van der Waals surface area contributed by atoms with E-state index >= 15 is 0 Å². The molecule has 0 amide bonds. The Hall–Kier alpha value is -1.27. The number of esters is 1. The van der Waals surface area contributed by atoms with E-state index in [1.54, 1.807) is 6.92 Å². The Balaban J connectivity index is 3.06. The lowest BCUT2D eigenvalue weighted by Crippen LogP contribution is -2.29. The molecule has 0 aromatic heterocycles. The molecule has 0 spiro atoms. The Morgan fingerprint density at radius 2 is 2.00 bits per heavy atom. The number of nitrogens with two attached hydrogens (primary N) is 1. The van der Waals surface area contributed by atoms with Gasteiger partial charge in [0.2, 0.25) is 0 Å². The average Bonchev–Trinajstić information content (AvgIpc) is 2.46. The second kappa shape index (κ2) is 8.89. The van der Waals surface area contributed by atoms with E-state index in [4.69, 9.17) is 19.9 Å². The molecule has 1 aromatic carbocycles. The zero-order valence-electron chi connectivity index (χ0n) is 12.6. The molecule has 1 unspecified atom stereocenters. The van der Waals surface area contributed by atoms with E-state index < -0.39 is 6.10 Å². The minimum absolute atomic E-state index is 0.324. The highest BCUT2D eigenvalue weighted by Gasteiger charge is 2.23. The molecule has 0 radical (unpaired) electrons. The maximum absolute atomic E-state index is 11.9. The quantitative estimate of drug-likeness (QED) is 0.722. The normalized spacial score (nSPS) is 11.9. The van der Waals surface area contributed by atoms with Gasteiger partial charge in [-0.2, -0.15) is 0 Å². The predicted molar refractivity (Wildman–Crippen MR) is 84.5 cm³/mol. The van der Waals surface area contributed by atoms with E-state index in [-0.39, 0.29) is 5.97 Å². The Labute approximate surface area is 133 Å². The largest absolute Gasteiger partial charge is 0.490 e. The molecule has 1 rings (SSSR count). The molecular weight excluding hydrogens is 338 g/mol. The van der Waals surface area contributed by atoms with Crippen LogP contribution in [0.15, 0.2) is 16.6 Å². The van der Waals surface area contributed by atoms with Crippen molar-refractivity contribution in [3.63, 3.8) is 0 Å². The summed E-state index contributed by atoms with van der Waals surface area (Å²) < 4.78 is 17.1. The minimum atomic E-state index is -0.663. The number of benzene rings is 1. The van der Waals surface area contributed by atoms with Gasteiger partial charge in [-0.15, -0.1) is 0 Å². The number of carbonyl (C=O) groups is 1. The fraction of sp³-hybridized carbons (Fsp3) is 0.533. The summed E-state index contributed by atoms with van der Waals surface area (Å²) in [4.78, 5) is 11.9. The molecule has 0 saturated carbocycles. The number of hydrogen-bond acceptors (Lipinski definition) is 5. The van der Waals surface area contributed by atoms with Gasteiger partial charge >= 0.3 is 5.97 Å². The molecule has 21 heavy (non-hydrogen) atoms. The first-order chi connectivity index (χ1) is 10.1. The monoisotopic (exact) mass is 359 g/mol. The van der Waals surface area contributed by atoms with Crippen LogP contribution in [-0.2, 0) is 16.1 Å². The first-order valence-corrected chi connectivity index (χ1v) is 7.85. The van der Waals surface area contributed by atoms with Crippen LogP contribution in [0.3, 0.4) is 0 Å². The smallest absolute Gasteiger partial charge is 0.347 e. The number of halogens is 1. The molecule has 0 fully saturated rings. The van der Waals surface area contributed by atoms with Gasteiger partial charge in [-0.25, -0.2) is 4.79 Å². The van der Waals surface area contributed by atoms with Crippen LogP contribution in [-0.4, -0.2) is 25.3 Å². The van der Waals surface area contributed by atoms with Gasteiger partial charge in [-0.3, -0.25) is 0 Å². The first kappa shape index (κ1) is 17.8. The molecular formula is C15H22BrNO4. The topological polar surface area (TPSA) is 70.8 Å². The molecule has 0 aliphatic rings. The van der Waals surface area contributed by atoms with Gasteiger partial charge in [0.05, 0.1) is 17.7 Å². The van der Waals surface area contributed by atoms with Crippen LogP contribution in [0.5, 0.6) is 11.5 Å². The van der Waals surface area contributed by atoms with Crippen LogP contribution in [0.4, 0.5) is 0 Å². The molecule has 0 heterocycles. The Bertz CT molecular complexity index is 479. The number of carbonyl (C=O) groups excluding carboxylic acids is 1. The molecule has 0 aliphatic carbocycles. The second-order valence-corrected chi connectivity index (χ2v) is 5.16. The molecule has 118 valence electrons. The van der Waals surface area contributed by atoms with Gasteiger partial charge in [0.1, 0.15) is 0 Å². The van der Waals surface area contributed by atoms with Crippen molar-refractivity contribution in [2.24, 2.45) is 5.73 Å². The number of ether oxygens (including phenoxy) is 3. The highest BCUT2D eigenvalue weighted by atomic mass is 79.9. The van der Waals surface area contributed by atoms with Crippen molar-refractivity contribution in [3.8, 4) is 11.5 Å². The summed E-state index contributed by atoms with van der Waals surface area (Å²) in [6, 6.07) is 3.68. The van der Waals surface area contributed by atoms with Crippen LogP contribution < -0.4 is 15.2 Å². The van der Waals surface area contributed by atoms with Crippen LogP contribution >= 0.6 is 15.9 Å². The van der Waals surface area contributed by atoms with Crippen LogP contribution in [0.1, 0.15) is 32.8 Å². The van der Waals surface area contributed by atoms with Crippen molar-refractivity contribution in [3.05, 3.63) is 22.2 Å². The van der Waals surface area contributed by atoms with Crippen LogP contribution in [0.25, 0.3) is 0 Å². The third-order valence-electron chi connectivity index (χ3n) is 2.79. The molecule has 0 bridgehead atoms. The Kier molecular flexibility index (Phi) is 7.53. The Morgan fingerprint density at radius 3 is 2.52 bits per heavy atom. The van der Waals surface area contributed by atoms with Crippen molar-refractivity contribution in [1.82, 2.24) is 0 Å².